The maximum atomic E-state index is 12.7. The number of halogens is 1. The summed E-state index contributed by atoms with van der Waals surface area (Å²) < 4.78 is 29.0. The maximum Gasteiger partial charge on any atom is 0.252 e. The molecule has 1 fully saturated rings. The van der Waals surface area contributed by atoms with Crippen LogP contribution in [0, 0.1) is 12.8 Å². The highest BCUT2D eigenvalue weighted by atomic mass is 79.9. The Labute approximate surface area is 179 Å². The van der Waals surface area contributed by atoms with Crippen molar-refractivity contribution in [2.45, 2.75) is 24.0 Å². The van der Waals surface area contributed by atoms with E-state index in [-0.39, 0.29) is 11.8 Å². The molecule has 0 radical (unpaired) electrons. The molecule has 3 heterocycles. The third-order valence-electron chi connectivity index (χ3n) is 4.82. The van der Waals surface area contributed by atoms with Crippen molar-refractivity contribution in [1.29, 1.82) is 0 Å². The van der Waals surface area contributed by atoms with E-state index in [1.54, 1.807) is 12.1 Å². The number of anilines is 1. The standard InChI is InChI=1S/C18H18BrN3O3S3/c1-11-3-2-4-13-16(11)20-18(26-13)21-17(23)12-7-9-22(10-8-12)28(24,25)15-6-5-14(19)27-15/h2-6,12H,7-10H2,1H3,(H,20,21,23). The van der Waals surface area contributed by atoms with Gasteiger partial charge >= 0.3 is 0 Å². The van der Waals surface area contributed by atoms with Crippen LogP contribution in [0.4, 0.5) is 5.13 Å². The third kappa shape index (κ3) is 3.88. The van der Waals surface area contributed by atoms with Gasteiger partial charge in [-0.05, 0) is 59.5 Å². The number of fused-ring (bicyclic) bond motifs is 1. The molecule has 148 valence electrons. The van der Waals surface area contributed by atoms with E-state index >= 15 is 0 Å². The summed E-state index contributed by atoms with van der Waals surface area (Å²) in [6, 6.07) is 9.30. The normalized spacial score (nSPS) is 16.5. The van der Waals surface area contributed by atoms with Crippen LogP contribution in [-0.4, -0.2) is 36.7 Å². The zero-order valence-corrected chi connectivity index (χ0v) is 19.0. The lowest BCUT2D eigenvalue weighted by Crippen LogP contribution is -2.41. The zero-order valence-electron chi connectivity index (χ0n) is 15.0. The number of piperidine rings is 1. The lowest BCUT2D eigenvalue weighted by atomic mass is 9.97. The summed E-state index contributed by atoms with van der Waals surface area (Å²) in [6.07, 6.45) is 1.00. The fourth-order valence-corrected chi connectivity index (χ4v) is 7.85. The summed E-state index contributed by atoms with van der Waals surface area (Å²) in [4.78, 5) is 17.2. The average Bonchev–Trinajstić information content (AvgIpc) is 3.29. The van der Waals surface area contributed by atoms with Crippen molar-refractivity contribution in [3.8, 4) is 0 Å². The number of para-hydroxylation sites is 1. The van der Waals surface area contributed by atoms with Crippen LogP contribution in [0.15, 0.2) is 38.3 Å². The molecule has 1 saturated heterocycles. The minimum Gasteiger partial charge on any atom is -0.302 e. The molecule has 2 aromatic heterocycles. The number of nitrogens with one attached hydrogen (secondary N) is 1. The predicted octanol–water partition coefficient (Wildman–Crippen LogP) is 4.47. The zero-order chi connectivity index (χ0) is 19.9. The first-order valence-corrected chi connectivity index (χ1v) is 12.6. The number of sulfonamides is 1. The number of thiophene rings is 1. The first-order valence-electron chi connectivity index (χ1n) is 8.77. The van der Waals surface area contributed by atoms with E-state index in [1.165, 1.54) is 27.0 Å². The van der Waals surface area contributed by atoms with E-state index in [0.717, 1.165) is 19.6 Å². The van der Waals surface area contributed by atoms with Crippen LogP contribution in [-0.2, 0) is 14.8 Å². The van der Waals surface area contributed by atoms with Gasteiger partial charge in [-0.25, -0.2) is 13.4 Å². The van der Waals surface area contributed by atoms with E-state index in [0.29, 0.717) is 35.3 Å². The molecular formula is C18H18BrN3O3S3. The SMILES string of the molecule is Cc1cccc2sc(NC(=O)C3CCN(S(=O)(=O)c4ccc(Br)s4)CC3)nc12. The molecule has 1 N–H and O–H groups in total. The Morgan fingerprint density at radius 3 is 2.61 bits per heavy atom. The van der Waals surface area contributed by atoms with Crippen molar-refractivity contribution in [1.82, 2.24) is 9.29 Å². The smallest absolute Gasteiger partial charge is 0.252 e. The number of rotatable bonds is 4. The van der Waals surface area contributed by atoms with Crippen molar-refractivity contribution in [2.24, 2.45) is 5.92 Å². The monoisotopic (exact) mass is 499 g/mol. The topological polar surface area (TPSA) is 79.4 Å². The van der Waals surface area contributed by atoms with Crippen LogP contribution in [0.3, 0.4) is 0 Å². The van der Waals surface area contributed by atoms with Crippen molar-refractivity contribution in [3.63, 3.8) is 0 Å². The molecule has 1 amide bonds. The molecule has 4 rings (SSSR count). The average molecular weight is 500 g/mol. The number of hydrogen-bond donors (Lipinski definition) is 1. The Kier molecular flexibility index (Phi) is 5.58. The summed E-state index contributed by atoms with van der Waals surface area (Å²) in [5.74, 6) is -0.303. The van der Waals surface area contributed by atoms with Gasteiger partial charge < -0.3 is 5.32 Å². The Hall–Kier alpha value is -1.33. The lowest BCUT2D eigenvalue weighted by Gasteiger charge is -2.29. The quantitative estimate of drug-likeness (QED) is 0.574. The number of nitrogens with zero attached hydrogens (tertiary/aromatic N) is 2. The molecule has 0 aliphatic carbocycles. The Bertz CT molecular complexity index is 1130. The van der Waals surface area contributed by atoms with Gasteiger partial charge in [-0.2, -0.15) is 4.31 Å². The summed E-state index contributed by atoms with van der Waals surface area (Å²) in [5.41, 5.74) is 1.98. The van der Waals surface area contributed by atoms with Crippen molar-refractivity contribution < 1.29 is 13.2 Å². The van der Waals surface area contributed by atoms with Crippen LogP contribution in [0.25, 0.3) is 10.2 Å². The van der Waals surface area contributed by atoms with Gasteiger partial charge in [0, 0.05) is 19.0 Å². The molecule has 0 spiro atoms. The number of aryl methyl sites for hydroxylation is 1. The highest BCUT2D eigenvalue weighted by molar-refractivity contribution is 9.11. The van der Waals surface area contributed by atoms with Crippen LogP contribution >= 0.6 is 38.6 Å². The highest BCUT2D eigenvalue weighted by Crippen LogP contribution is 2.32. The number of carbonyl (C=O) groups excluding carboxylic acids is 1. The fraction of sp³-hybridized carbons (Fsp3) is 0.333. The van der Waals surface area contributed by atoms with Gasteiger partial charge in [0.25, 0.3) is 10.0 Å². The minimum absolute atomic E-state index is 0.0902. The first-order chi connectivity index (χ1) is 13.3. The van der Waals surface area contributed by atoms with Gasteiger partial charge in [-0.15, -0.1) is 11.3 Å². The van der Waals surface area contributed by atoms with Crippen LogP contribution < -0.4 is 5.32 Å². The second-order valence-electron chi connectivity index (χ2n) is 6.67. The maximum absolute atomic E-state index is 12.7. The van der Waals surface area contributed by atoms with Crippen LogP contribution in [0.2, 0.25) is 0 Å². The fourth-order valence-electron chi connectivity index (χ4n) is 3.27. The molecule has 1 aliphatic rings. The predicted molar refractivity (Wildman–Crippen MR) is 116 cm³/mol. The minimum atomic E-state index is -3.49. The number of thiazole rings is 1. The molecule has 28 heavy (non-hydrogen) atoms. The van der Waals surface area contributed by atoms with Gasteiger partial charge in [0.1, 0.15) is 4.21 Å². The third-order valence-corrected chi connectivity index (χ3v) is 9.74. The van der Waals surface area contributed by atoms with Crippen LogP contribution in [0.1, 0.15) is 18.4 Å². The number of aromatic nitrogens is 1. The Morgan fingerprint density at radius 1 is 1.21 bits per heavy atom. The van der Waals surface area contributed by atoms with Crippen molar-refractivity contribution in [3.05, 3.63) is 39.7 Å². The first kappa shape index (κ1) is 20.0. The largest absolute Gasteiger partial charge is 0.302 e. The Morgan fingerprint density at radius 2 is 1.96 bits per heavy atom. The number of carbonyl (C=O) groups is 1. The highest BCUT2D eigenvalue weighted by Gasteiger charge is 2.33. The summed E-state index contributed by atoms with van der Waals surface area (Å²) in [7, 11) is -3.49. The van der Waals surface area contributed by atoms with Gasteiger partial charge in [0.15, 0.2) is 5.13 Å². The molecule has 1 aromatic carbocycles. The number of benzene rings is 1. The number of amides is 1. The van der Waals surface area contributed by atoms with E-state index in [9.17, 15) is 13.2 Å². The molecular weight excluding hydrogens is 482 g/mol. The van der Waals surface area contributed by atoms with E-state index in [2.05, 4.69) is 26.2 Å². The summed E-state index contributed by atoms with van der Waals surface area (Å²) >= 11 is 5.96. The second kappa shape index (κ2) is 7.83. The molecule has 0 unspecified atom stereocenters. The molecule has 1 aliphatic heterocycles. The van der Waals surface area contributed by atoms with Gasteiger partial charge in [-0.1, -0.05) is 23.5 Å². The molecule has 6 nitrogen and oxygen atoms in total. The summed E-state index contributed by atoms with van der Waals surface area (Å²) in [5, 5.41) is 3.50. The van der Waals surface area contributed by atoms with E-state index in [1.807, 2.05) is 25.1 Å². The Balaban J connectivity index is 1.40. The summed E-state index contributed by atoms with van der Waals surface area (Å²) in [6.45, 7) is 2.68. The molecule has 0 bridgehead atoms. The molecule has 10 heteroatoms. The van der Waals surface area contributed by atoms with E-state index in [4.69, 9.17) is 0 Å². The lowest BCUT2D eigenvalue weighted by molar-refractivity contribution is -0.120. The van der Waals surface area contributed by atoms with Crippen LogP contribution in [0.5, 0.6) is 0 Å². The van der Waals surface area contributed by atoms with Gasteiger partial charge in [0.05, 0.1) is 14.0 Å². The molecule has 3 aromatic rings. The van der Waals surface area contributed by atoms with Crippen molar-refractivity contribution in [2.75, 3.05) is 18.4 Å². The molecule has 0 saturated carbocycles. The van der Waals surface area contributed by atoms with E-state index < -0.39 is 10.0 Å². The van der Waals surface area contributed by atoms with Crippen molar-refractivity contribution >= 4 is 69.9 Å². The van der Waals surface area contributed by atoms with Gasteiger partial charge in [0.2, 0.25) is 5.91 Å². The second-order valence-corrected chi connectivity index (χ2v) is 12.3. The van der Waals surface area contributed by atoms with Gasteiger partial charge in [-0.3, -0.25) is 4.79 Å². The number of hydrogen-bond acceptors (Lipinski definition) is 6. The molecule has 0 atom stereocenters.